The molecule has 2 atom stereocenters. The summed E-state index contributed by atoms with van der Waals surface area (Å²) in [5, 5.41) is 22.5. The number of benzene rings is 2. The van der Waals surface area contributed by atoms with Gasteiger partial charge in [-0.25, -0.2) is 4.79 Å². The average molecular weight is 358 g/mol. The van der Waals surface area contributed by atoms with Crippen LogP contribution in [0.1, 0.15) is 17.2 Å². The molecule has 1 amide bonds. The molecule has 2 aromatic carbocycles. The molecule has 0 unspecified atom stereocenters. The SMILES string of the molecule is CO[C@@H](C(=O)N[C@H](Cc1ccc([N+](=O)[O-])cc1)C(=O)O)c1ccccc1. The molecule has 136 valence electrons. The fourth-order valence-electron chi connectivity index (χ4n) is 2.46. The maximum atomic E-state index is 12.4. The van der Waals surface area contributed by atoms with E-state index in [1.165, 1.54) is 31.4 Å². The van der Waals surface area contributed by atoms with Gasteiger partial charge in [0.15, 0.2) is 6.10 Å². The summed E-state index contributed by atoms with van der Waals surface area (Å²) in [6, 6.07) is 13.0. The molecule has 0 aliphatic rings. The Morgan fingerprint density at radius 2 is 1.77 bits per heavy atom. The van der Waals surface area contributed by atoms with Gasteiger partial charge in [-0.2, -0.15) is 0 Å². The van der Waals surface area contributed by atoms with Gasteiger partial charge in [-0.1, -0.05) is 42.5 Å². The van der Waals surface area contributed by atoms with E-state index < -0.39 is 28.9 Å². The fraction of sp³-hybridized carbons (Fsp3) is 0.222. The van der Waals surface area contributed by atoms with E-state index in [0.717, 1.165) is 0 Å². The van der Waals surface area contributed by atoms with Crippen LogP contribution in [0.3, 0.4) is 0 Å². The summed E-state index contributed by atoms with van der Waals surface area (Å²) in [7, 11) is 1.36. The first-order valence-corrected chi connectivity index (χ1v) is 7.76. The Morgan fingerprint density at radius 3 is 2.27 bits per heavy atom. The highest BCUT2D eigenvalue weighted by Crippen LogP contribution is 2.17. The topological polar surface area (TPSA) is 119 Å². The molecule has 0 aliphatic carbocycles. The lowest BCUT2D eigenvalue weighted by atomic mass is 10.0. The molecule has 8 nitrogen and oxygen atoms in total. The molecule has 0 spiro atoms. The standard InChI is InChI=1S/C18H18N2O6/c1-26-16(13-5-3-2-4-6-13)17(21)19-15(18(22)23)11-12-7-9-14(10-8-12)20(24)25/h2-10,15-16H,11H2,1H3,(H,19,21)(H,22,23)/t15-,16-/m1/s1. The van der Waals surface area contributed by atoms with Crippen LogP contribution in [-0.4, -0.2) is 35.1 Å². The quantitative estimate of drug-likeness (QED) is 0.551. The number of nitrogens with zero attached hydrogens (tertiary/aromatic N) is 1. The Labute approximate surface area is 149 Å². The van der Waals surface area contributed by atoms with Crippen LogP contribution in [0.4, 0.5) is 5.69 Å². The molecule has 2 rings (SSSR count). The number of hydrogen-bond acceptors (Lipinski definition) is 5. The number of rotatable bonds is 8. The number of nitro groups is 1. The highest BCUT2D eigenvalue weighted by molar-refractivity contribution is 5.87. The lowest BCUT2D eigenvalue weighted by Gasteiger charge is -2.20. The number of amides is 1. The van der Waals surface area contributed by atoms with Crippen molar-refractivity contribution >= 4 is 17.6 Å². The Balaban J connectivity index is 2.10. The first kappa shape index (κ1) is 19.1. The minimum absolute atomic E-state index is 0.00963. The maximum absolute atomic E-state index is 12.4. The summed E-state index contributed by atoms with van der Waals surface area (Å²) in [6.45, 7) is 0. The van der Waals surface area contributed by atoms with Crippen LogP contribution in [0.5, 0.6) is 0 Å². The molecule has 0 bridgehead atoms. The Kier molecular flexibility index (Phi) is 6.40. The monoisotopic (exact) mass is 358 g/mol. The predicted octanol–water partition coefficient (Wildman–Crippen LogP) is 2.09. The molecule has 8 heteroatoms. The summed E-state index contributed by atoms with van der Waals surface area (Å²) < 4.78 is 5.19. The maximum Gasteiger partial charge on any atom is 0.326 e. The van der Waals surface area contributed by atoms with E-state index in [1.54, 1.807) is 30.3 Å². The number of ether oxygens (including phenoxy) is 1. The van der Waals surface area contributed by atoms with Crippen LogP contribution in [0.2, 0.25) is 0 Å². The van der Waals surface area contributed by atoms with E-state index in [4.69, 9.17) is 4.74 Å². The van der Waals surface area contributed by atoms with Crippen molar-refractivity contribution in [2.75, 3.05) is 7.11 Å². The molecule has 2 aromatic rings. The summed E-state index contributed by atoms with van der Waals surface area (Å²) in [4.78, 5) is 34.1. The zero-order valence-electron chi connectivity index (χ0n) is 14.0. The van der Waals surface area contributed by atoms with Crippen molar-refractivity contribution in [1.29, 1.82) is 0 Å². The van der Waals surface area contributed by atoms with Gasteiger partial charge in [0.1, 0.15) is 6.04 Å². The average Bonchev–Trinajstić information content (AvgIpc) is 2.63. The minimum atomic E-state index is -1.21. The Bertz CT molecular complexity index is 776. The van der Waals surface area contributed by atoms with Gasteiger partial charge in [0.2, 0.25) is 0 Å². The molecule has 26 heavy (non-hydrogen) atoms. The number of nitrogens with one attached hydrogen (secondary N) is 1. The van der Waals surface area contributed by atoms with E-state index in [1.807, 2.05) is 0 Å². The second kappa shape index (κ2) is 8.72. The summed E-state index contributed by atoms with van der Waals surface area (Å²) in [5.41, 5.74) is 1.07. The smallest absolute Gasteiger partial charge is 0.326 e. The molecule has 0 saturated heterocycles. The van der Waals surface area contributed by atoms with Crippen LogP contribution < -0.4 is 5.32 Å². The van der Waals surface area contributed by atoms with Crippen molar-refractivity contribution in [3.05, 3.63) is 75.8 Å². The zero-order chi connectivity index (χ0) is 19.1. The number of aliphatic carboxylic acids is 1. The Hall–Kier alpha value is -3.26. The van der Waals surface area contributed by atoms with Crippen molar-refractivity contribution < 1.29 is 24.4 Å². The molecular formula is C18H18N2O6. The van der Waals surface area contributed by atoms with Gasteiger partial charge < -0.3 is 15.2 Å². The van der Waals surface area contributed by atoms with E-state index in [-0.39, 0.29) is 12.1 Å². The molecule has 0 aliphatic heterocycles. The van der Waals surface area contributed by atoms with Crippen molar-refractivity contribution in [2.45, 2.75) is 18.6 Å². The normalized spacial score (nSPS) is 12.8. The lowest BCUT2D eigenvalue weighted by Crippen LogP contribution is -2.44. The van der Waals surface area contributed by atoms with Gasteiger partial charge in [-0.05, 0) is 11.1 Å². The molecule has 0 saturated carbocycles. The molecular weight excluding hydrogens is 340 g/mol. The number of carboxylic acid groups (broad SMARTS) is 1. The lowest BCUT2D eigenvalue weighted by molar-refractivity contribution is -0.384. The first-order valence-electron chi connectivity index (χ1n) is 7.76. The van der Waals surface area contributed by atoms with Crippen molar-refractivity contribution in [1.82, 2.24) is 5.32 Å². The second-order valence-electron chi connectivity index (χ2n) is 5.55. The van der Waals surface area contributed by atoms with Crippen molar-refractivity contribution in [3.63, 3.8) is 0 Å². The fourth-order valence-corrected chi connectivity index (χ4v) is 2.46. The summed E-state index contributed by atoms with van der Waals surface area (Å²) in [6.07, 6.45) is -0.945. The third-order valence-corrected chi connectivity index (χ3v) is 3.78. The van der Waals surface area contributed by atoms with Gasteiger partial charge >= 0.3 is 5.97 Å². The van der Waals surface area contributed by atoms with E-state index in [9.17, 15) is 24.8 Å². The van der Waals surface area contributed by atoms with Gasteiger partial charge in [-0.3, -0.25) is 14.9 Å². The number of nitro benzene ring substituents is 1. The number of methoxy groups -OCH3 is 1. The molecule has 0 fully saturated rings. The van der Waals surface area contributed by atoms with Crippen LogP contribution >= 0.6 is 0 Å². The summed E-state index contributed by atoms with van der Waals surface area (Å²) in [5.74, 6) is -1.78. The number of hydrogen-bond donors (Lipinski definition) is 2. The van der Waals surface area contributed by atoms with Crippen LogP contribution in [-0.2, 0) is 20.7 Å². The van der Waals surface area contributed by atoms with E-state index in [0.29, 0.717) is 11.1 Å². The number of carbonyl (C=O) groups is 2. The number of carboxylic acids is 1. The predicted molar refractivity (Wildman–Crippen MR) is 92.6 cm³/mol. The van der Waals surface area contributed by atoms with E-state index in [2.05, 4.69) is 5.32 Å². The van der Waals surface area contributed by atoms with Crippen molar-refractivity contribution in [2.24, 2.45) is 0 Å². The molecule has 0 heterocycles. The molecule has 2 N–H and O–H groups in total. The van der Waals surface area contributed by atoms with E-state index >= 15 is 0 Å². The molecule has 0 radical (unpaired) electrons. The van der Waals surface area contributed by atoms with Crippen LogP contribution in [0, 0.1) is 10.1 Å². The minimum Gasteiger partial charge on any atom is -0.480 e. The highest BCUT2D eigenvalue weighted by atomic mass is 16.6. The highest BCUT2D eigenvalue weighted by Gasteiger charge is 2.26. The number of carbonyl (C=O) groups excluding carboxylic acids is 1. The van der Waals surface area contributed by atoms with Gasteiger partial charge in [0.05, 0.1) is 4.92 Å². The third kappa shape index (κ3) is 4.87. The first-order chi connectivity index (χ1) is 12.4. The van der Waals surface area contributed by atoms with Gasteiger partial charge in [0, 0.05) is 25.7 Å². The second-order valence-corrected chi connectivity index (χ2v) is 5.55. The number of non-ortho nitro benzene ring substituents is 1. The van der Waals surface area contributed by atoms with Crippen LogP contribution in [0.25, 0.3) is 0 Å². The van der Waals surface area contributed by atoms with Crippen LogP contribution in [0.15, 0.2) is 54.6 Å². The van der Waals surface area contributed by atoms with Gasteiger partial charge in [-0.15, -0.1) is 0 Å². The Morgan fingerprint density at radius 1 is 1.15 bits per heavy atom. The van der Waals surface area contributed by atoms with Crippen molar-refractivity contribution in [3.8, 4) is 0 Å². The van der Waals surface area contributed by atoms with Gasteiger partial charge in [0.25, 0.3) is 11.6 Å². The third-order valence-electron chi connectivity index (χ3n) is 3.78. The summed E-state index contributed by atoms with van der Waals surface area (Å²) >= 11 is 0. The largest absolute Gasteiger partial charge is 0.480 e. The zero-order valence-corrected chi connectivity index (χ0v) is 14.0. The molecule has 0 aromatic heterocycles.